The zero-order valence-electron chi connectivity index (χ0n) is 12.2. The van der Waals surface area contributed by atoms with Crippen LogP contribution < -0.4 is 0 Å². The maximum absolute atomic E-state index is 12.7. The molecule has 3 N–H and O–H groups in total. The van der Waals surface area contributed by atoms with Gasteiger partial charge in [-0.05, 0) is 55.9 Å². The van der Waals surface area contributed by atoms with Crippen LogP contribution in [-0.2, 0) is 6.42 Å². The molecule has 1 aromatic rings. The minimum Gasteiger partial charge on any atom is -0.396 e. The van der Waals surface area contributed by atoms with Crippen LogP contribution in [0, 0.1) is 19.3 Å². The van der Waals surface area contributed by atoms with Crippen molar-refractivity contribution >= 4 is 5.78 Å². The van der Waals surface area contributed by atoms with Crippen LogP contribution >= 0.6 is 0 Å². The van der Waals surface area contributed by atoms with Crippen molar-refractivity contribution in [3.05, 3.63) is 33.9 Å². The van der Waals surface area contributed by atoms with E-state index in [0.717, 1.165) is 16.7 Å². The highest BCUT2D eigenvalue weighted by Gasteiger charge is 2.49. The van der Waals surface area contributed by atoms with Gasteiger partial charge in [-0.1, -0.05) is 6.07 Å². The Balaban J connectivity index is 2.62. The lowest BCUT2D eigenvalue weighted by atomic mass is 9.80. The molecule has 0 aliphatic heterocycles. The highest BCUT2D eigenvalue weighted by molar-refractivity contribution is 6.06. The third kappa shape index (κ3) is 1.99. The summed E-state index contributed by atoms with van der Waals surface area (Å²) in [5.74, 6) is -0.106. The topological polar surface area (TPSA) is 77.8 Å². The lowest BCUT2D eigenvalue weighted by molar-refractivity contribution is 0.0296. The first-order valence-corrected chi connectivity index (χ1v) is 6.96. The SMILES string of the molecule is Cc1cc2c(c(C)c1CCO)C(=O)[C@](C)(CCO)[C@@H]2O. The molecule has 1 aliphatic rings. The number of Topliss-reactive ketones (excluding diaryl/α,β-unsaturated/α-hetero) is 1. The Morgan fingerprint density at radius 3 is 2.45 bits per heavy atom. The summed E-state index contributed by atoms with van der Waals surface area (Å²) in [6.45, 7) is 5.40. The standard InChI is InChI=1S/C16H22O4/c1-9-8-12-13(10(2)11(9)4-6-17)15(20)16(3,5-7-18)14(12)19/h8,14,17-19H,4-7H2,1-3H3/t14-,16-/m1/s1. The van der Waals surface area contributed by atoms with E-state index in [1.54, 1.807) is 6.92 Å². The van der Waals surface area contributed by atoms with Gasteiger partial charge < -0.3 is 15.3 Å². The van der Waals surface area contributed by atoms with Crippen LogP contribution in [0.4, 0.5) is 0 Å². The van der Waals surface area contributed by atoms with Gasteiger partial charge in [0.05, 0.1) is 11.5 Å². The molecule has 0 saturated heterocycles. The average molecular weight is 278 g/mol. The summed E-state index contributed by atoms with van der Waals surface area (Å²) in [5.41, 5.74) is 3.08. The Labute approximate surface area is 119 Å². The highest BCUT2D eigenvalue weighted by Crippen LogP contribution is 2.49. The second kappa shape index (κ2) is 5.28. The number of aliphatic hydroxyl groups excluding tert-OH is 3. The predicted octanol–water partition coefficient (Wildman–Crippen LogP) is 1.46. The van der Waals surface area contributed by atoms with Crippen LogP contribution in [0.1, 0.15) is 52.1 Å². The molecule has 0 bridgehead atoms. The van der Waals surface area contributed by atoms with Crippen molar-refractivity contribution in [2.24, 2.45) is 5.41 Å². The van der Waals surface area contributed by atoms with Crippen LogP contribution in [-0.4, -0.2) is 34.3 Å². The first kappa shape index (κ1) is 15.2. The second-order valence-corrected chi connectivity index (χ2v) is 5.86. The molecule has 110 valence electrons. The van der Waals surface area contributed by atoms with E-state index in [1.165, 1.54) is 0 Å². The first-order chi connectivity index (χ1) is 9.38. The van der Waals surface area contributed by atoms with Gasteiger partial charge in [0.2, 0.25) is 0 Å². The van der Waals surface area contributed by atoms with Gasteiger partial charge >= 0.3 is 0 Å². The fourth-order valence-electron chi connectivity index (χ4n) is 3.30. The fourth-order valence-corrected chi connectivity index (χ4v) is 3.30. The van der Waals surface area contributed by atoms with E-state index in [4.69, 9.17) is 5.11 Å². The van der Waals surface area contributed by atoms with Gasteiger partial charge in [-0.2, -0.15) is 0 Å². The predicted molar refractivity (Wildman–Crippen MR) is 75.8 cm³/mol. The largest absolute Gasteiger partial charge is 0.396 e. The van der Waals surface area contributed by atoms with Crippen molar-refractivity contribution in [1.29, 1.82) is 0 Å². The number of hydrogen-bond acceptors (Lipinski definition) is 4. The lowest BCUT2D eigenvalue weighted by Crippen LogP contribution is -2.29. The summed E-state index contributed by atoms with van der Waals surface area (Å²) >= 11 is 0. The molecular formula is C16H22O4. The molecule has 0 fully saturated rings. The van der Waals surface area contributed by atoms with Gasteiger partial charge in [-0.3, -0.25) is 4.79 Å². The van der Waals surface area contributed by atoms with Gasteiger partial charge in [-0.25, -0.2) is 0 Å². The summed E-state index contributed by atoms with van der Waals surface area (Å²) in [6.07, 6.45) is -0.127. The van der Waals surface area contributed by atoms with Gasteiger partial charge in [0.1, 0.15) is 0 Å². The van der Waals surface area contributed by atoms with Crippen molar-refractivity contribution in [2.45, 2.75) is 39.7 Å². The van der Waals surface area contributed by atoms with E-state index in [2.05, 4.69) is 0 Å². The molecule has 2 atom stereocenters. The average Bonchev–Trinajstić information content (AvgIpc) is 2.57. The highest BCUT2D eigenvalue weighted by atomic mass is 16.3. The zero-order chi connectivity index (χ0) is 15.1. The number of aliphatic hydroxyl groups is 3. The molecule has 0 radical (unpaired) electrons. The molecule has 20 heavy (non-hydrogen) atoms. The smallest absolute Gasteiger partial charge is 0.172 e. The molecule has 1 aliphatic carbocycles. The Kier molecular flexibility index (Phi) is 4.00. The quantitative estimate of drug-likeness (QED) is 0.779. The Hall–Kier alpha value is -1.23. The van der Waals surface area contributed by atoms with Gasteiger partial charge in [0.25, 0.3) is 0 Å². The number of carbonyl (C=O) groups excluding carboxylic acids is 1. The molecule has 0 heterocycles. The Bertz CT molecular complexity index is 550. The van der Waals surface area contributed by atoms with Crippen molar-refractivity contribution in [2.75, 3.05) is 13.2 Å². The van der Waals surface area contributed by atoms with Crippen LogP contribution in [0.2, 0.25) is 0 Å². The van der Waals surface area contributed by atoms with E-state index < -0.39 is 11.5 Å². The van der Waals surface area contributed by atoms with E-state index in [0.29, 0.717) is 17.5 Å². The molecule has 4 nitrogen and oxygen atoms in total. The molecule has 1 aromatic carbocycles. The molecule has 0 saturated carbocycles. The zero-order valence-corrected chi connectivity index (χ0v) is 12.2. The fraction of sp³-hybridized carbons (Fsp3) is 0.562. The van der Waals surface area contributed by atoms with Crippen LogP contribution in [0.3, 0.4) is 0 Å². The first-order valence-electron chi connectivity index (χ1n) is 6.96. The van der Waals surface area contributed by atoms with Crippen molar-refractivity contribution in [3.63, 3.8) is 0 Å². The number of ketones is 1. The third-order valence-corrected chi connectivity index (χ3v) is 4.60. The normalized spacial score (nSPS) is 25.1. The lowest BCUT2D eigenvalue weighted by Gasteiger charge is -2.25. The molecule has 4 heteroatoms. The molecule has 0 aromatic heterocycles. The number of rotatable bonds is 4. The monoisotopic (exact) mass is 278 g/mol. The summed E-state index contributed by atoms with van der Waals surface area (Å²) in [4.78, 5) is 12.7. The van der Waals surface area contributed by atoms with E-state index in [1.807, 2.05) is 19.9 Å². The van der Waals surface area contributed by atoms with Crippen molar-refractivity contribution < 1.29 is 20.1 Å². The van der Waals surface area contributed by atoms with Crippen molar-refractivity contribution in [3.8, 4) is 0 Å². The Morgan fingerprint density at radius 2 is 1.90 bits per heavy atom. The molecule has 0 amide bonds. The van der Waals surface area contributed by atoms with Crippen LogP contribution in [0.15, 0.2) is 6.07 Å². The number of aryl methyl sites for hydroxylation is 1. The third-order valence-electron chi connectivity index (χ3n) is 4.60. The minimum absolute atomic E-state index is 0.0329. The molecule has 0 unspecified atom stereocenters. The summed E-state index contributed by atoms with van der Waals surface area (Å²) in [5, 5.41) is 28.8. The molecule has 0 spiro atoms. The summed E-state index contributed by atoms with van der Waals surface area (Å²) in [6, 6.07) is 1.85. The van der Waals surface area contributed by atoms with Crippen LogP contribution in [0.5, 0.6) is 0 Å². The maximum atomic E-state index is 12.7. The van der Waals surface area contributed by atoms with Crippen LogP contribution in [0.25, 0.3) is 0 Å². The number of hydrogen-bond donors (Lipinski definition) is 3. The molecular weight excluding hydrogens is 256 g/mol. The van der Waals surface area contributed by atoms with Crippen molar-refractivity contribution in [1.82, 2.24) is 0 Å². The van der Waals surface area contributed by atoms with E-state index in [9.17, 15) is 15.0 Å². The summed E-state index contributed by atoms with van der Waals surface area (Å²) < 4.78 is 0. The second-order valence-electron chi connectivity index (χ2n) is 5.86. The number of carbonyl (C=O) groups is 1. The molecule has 2 rings (SSSR count). The van der Waals surface area contributed by atoms with Gasteiger partial charge in [0.15, 0.2) is 5.78 Å². The van der Waals surface area contributed by atoms with Gasteiger partial charge in [-0.15, -0.1) is 0 Å². The minimum atomic E-state index is -0.952. The maximum Gasteiger partial charge on any atom is 0.172 e. The van der Waals surface area contributed by atoms with E-state index >= 15 is 0 Å². The summed E-state index contributed by atoms with van der Waals surface area (Å²) in [7, 11) is 0. The number of fused-ring (bicyclic) bond motifs is 1. The van der Waals surface area contributed by atoms with E-state index in [-0.39, 0.29) is 25.4 Å². The number of benzene rings is 1. The van der Waals surface area contributed by atoms with Gasteiger partial charge in [0, 0.05) is 18.8 Å². The Morgan fingerprint density at radius 1 is 1.25 bits per heavy atom.